The predicted molar refractivity (Wildman–Crippen MR) is 129 cm³/mol. The van der Waals surface area contributed by atoms with Crippen LogP contribution in [0.5, 0.6) is 0 Å². The van der Waals surface area contributed by atoms with Crippen LogP contribution in [0, 0.1) is 11.8 Å². The van der Waals surface area contributed by atoms with E-state index in [1.807, 2.05) is 6.92 Å². The number of aliphatic hydroxyl groups excluding tert-OH is 2. The fourth-order valence-electron chi connectivity index (χ4n) is 4.69. The van der Waals surface area contributed by atoms with Gasteiger partial charge in [0.05, 0.1) is 6.10 Å². The monoisotopic (exact) mass is 508 g/mol. The molecule has 0 radical (unpaired) electrons. The zero-order valence-corrected chi connectivity index (χ0v) is 22.1. The van der Waals surface area contributed by atoms with E-state index < -0.39 is 44.6 Å². The molecule has 0 aromatic carbocycles. The molecule has 0 saturated heterocycles. The molecule has 1 fully saturated rings. The van der Waals surface area contributed by atoms with Crippen molar-refractivity contribution in [1.29, 1.82) is 0 Å². The molecule has 5 nitrogen and oxygen atoms in total. The number of carbonyl (C=O) groups is 2. The third kappa shape index (κ3) is 9.91. The van der Waals surface area contributed by atoms with Gasteiger partial charge in [0.25, 0.3) is 0 Å². The van der Waals surface area contributed by atoms with E-state index in [0.717, 1.165) is 19.3 Å². The van der Waals surface area contributed by atoms with Crippen molar-refractivity contribution in [1.82, 2.24) is 0 Å². The van der Waals surface area contributed by atoms with Crippen LogP contribution in [0.2, 0.25) is 19.6 Å². The van der Waals surface area contributed by atoms with E-state index in [1.165, 1.54) is 6.08 Å². The highest BCUT2D eigenvalue weighted by molar-refractivity contribution is 6.69. The Morgan fingerprint density at radius 1 is 1.15 bits per heavy atom. The van der Waals surface area contributed by atoms with Gasteiger partial charge >= 0.3 is 6.18 Å². The van der Waals surface area contributed by atoms with E-state index in [2.05, 4.69) is 0 Å². The maximum absolute atomic E-state index is 14.2. The van der Waals surface area contributed by atoms with Gasteiger partial charge < -0.3 is 14.6 Å². The normalized spacial score (nSPS) is 23.6. The van der Waals surface area contributed by atoms with Crippen LogP contribution < -0.4 is 0 Å². The molecule has 1 rings (SSSR count). The molecule has 9 heteroatoms. The summed E-state index contributed by atoms with van der Waals surface area (Å²) in [5, 5.41) is 19.1. The third-order valence-electron chi connectivity index (χ3n) is 6.39. The largest absolute Gasteiger partial charge is 0.416 e. The molecule has 34 heavy (non-hydrogen) atoms. The van der Waals surface area contributed by atoms with Crippen LogP contribution in [0.4, 0.5) is 13.2 Å². The average molecular weight is 509 g/mol. The first kappa shape index (κ1) is 31.0. The third-order valence-corrected chi connectivity index (χ3v) is 7.39. The predicted octanol–water partition coefficient (Wildman–Crippen LogP) is 5.74. The Labute approximate surface area is 203 Å². The van der Waals surface area contributed by atoms with Gasteiger partial charge in [0, 0.05) is 31.1 Å². The van der Waals surface area contributed by atoms with E-state index in [-0.39, 0.29) is 30.8 Å². The van der Waals surface area contributed by atoms with Gasteiger partial charge in [-0.25, -0.2) is 0 Å². The molecule has 0 heterocycles. The fraction of sp³-hybridized carbons (Fsp3) is 0.840. The average Bonchev–Trinajstić information content (AvgIpc) is 2.99. The van der Waals surface area contributed by atoms with E-state index in [0.29, 0.717) is 32.1 Å². The van der Waals surface area contributed by atoms with Crippen LogP contribution in [-0.4, -0.2) is 54.6 Å². The Balaban J connectivity index is 2.84. The standard InChI is InChI=1S/C25H43F3O5Si/c1-5-6-15-24(25(26,27)28,33-34(2,3)4)16-11-14-21-20(22(31)17-23(21)32)13-10-8-7-9-12-19(30)18-29/h11,14,20-21,23,29,32H,5-10,12-13,15-18H2,1-4H3/t20-,21-,23-,24?/m1/s1. The molecule has 1 unspecified atom stereocenters. The van der Waals surface area contributed by atoms with Gasteiger partial charge in [0.2, 0.25) is 0 Å². The Kier molecular flexibility index (Phi) is 12.7. The smallest absolute Gasteiger partial charge is 0.403 e. The number of rotatable bonds is 16. The van der Waals surface area contributed by atoms with E-state index in [4.69, 9.17) is 9.53 Å². The molecule has 1 saturated carbocycles. The SMILES string of the molecule is CCCCC(CC=C[C@H]1[C@H](O)CC(=O)[C@@H]1CCCCCCC(=O)CO)(O[Si](C)(C)C)C(F)(F)F. The first-order valence-corrected chi connectivity index (χ1v) is 15.9. The number of aliphatic hydroxyl groups is 2. The summed E-state index contributed by atoms with van der Waals surface area (Å²) in [6.45, 7) is 6.65. The summed E-state index contributed by atoms with van der Waals surface area (Å²) in [5.41, 5.74) is -2.25. The topological polar surface area (TPSA) is 83.8 Å². The number of carbonyl (C=O) groups excluding carboxylic acids is 2. The van der Waals surface area contributed by atoms with Gasteiger partial charge in [-0.1, -0.05) is 51.2 Å². The summed E-state index contributed by atoms with van der Waals surface area (Å²) in [5.74, 6) is -1.14. The van der Waals surface area contributed by atoms with Crippen LogP contribution in [0.1, 0.15) is 77.6 Å². The number of hydrogen-bond donors (Lipinski definition) is 2. The summed E-state index contributed by atoms with van der Waals surface area (Å²) in [6.07, 6.45) is 2.19. The zero-order chi connectivity index (χ0) is 26.0. The number of ketones is 2. The minimum absolute atomic E-state index is 0.0241. The van der Waals surface area contributed by atoms with E-state index >= 15 is 0 Å². The van der Waals surface area contributed by atoms with Crippen molar-refractivity contribution in [3.8, 4) is 0 Å². The first-order valence-electron chi connectivity index (χ1n) is 12.5. The number of unbranched alkanes of at least 4 members (excludes halogenated alkanes) is 4. The van der Waals surface area contributed by atoms with Crippen molar-refractivity contribution < 1.29 is 37.4 Å². The molecule has 2 N–H and O–H groups in total. The van der Waals surface area contributed by atoms with E-state index in [9.17, 15) is 27.9 Å². The molecular formula is C25H43F3O5Si. The van der Waals surface area contributed by atoms with Crippen LogP contribution >= 0.6 is 0 Å². The lowest BCUT2D eigenvalue weighted by Gasteiger charge is -2.40. The number of Topliss-reactive ketones (excluding diaryl/α,β-unsaturated/α-hetero) is 2. The lowest BCUT2D eigenvalue weighted by molar-refractivity contribution is -0.253. The first-order chi connectivity index (χ1) is 15.8. The van der Waals surface area contributed by atoms with Crippen molar-refractivity contribution in [3.05, 3.63) is 12.2 Å². The second-order valence-corrected chi connectivity index (χ2v) is 14.9. The van der Waals surface area contributed by atoms with Crippen molar-refractivity contribution in [2.24, 2.45) is 11.8 Å². The molecule has 4 atom stereocenters. The maximum atomic E-state index is 14.2. The van der Waals surface area contributed by atoms with Gasteiger partial charge in [-0.05, 0) is 38.9 Å². The van der Waals surface area contributed by atoms with Crippen LogP contribution in [0.25, 0.3) is 0 Å². The Bertz CT molecular complexity index is 674. The fourth-order valence-corrected chi connectivity index (χ4v) is 6.16. The number of alkyl halides is 3. The summed E-state index contributed by atoms with van der Waals surface area (Å²) in [6, 6.07) is 0. The van der Waals surface area contributed by atoms with Gasteiger partial charge in [0.15, 0.2) is 19.7 Å². The summed E-state index contributed by atoms with van der Waals surface area (Å²) >= 11 is 0. The molecular weight excluding hydrogens is 465 g/mol. The van der Waals surface area contributed by atoms with Crippen molar-refractivity contribution >= 4 is 19.9 Å². The van der Waals surface area contributed by atoms with Crippen LogP contribution in [0.3, 0.4) is 0 Å². The molecule has 0 aromatic heterocycles. The highest BCUT2D eigenvalue weighted by atomic mass is 28.4. The highest BCUT2D eigenvalue weighted by Gasteiger charge is 2.56. The minimum atomic E-state index is -4.52. The highest BCUT2D eigenvalue weighted by Crippen LogP contribution is 2.43. The second kappa shape index (κ2) is 13.9. The quantitative estimate of drug-likeness (QED) is 0.158. The van der Waals surface area contributed by atoms with Gasteiger partial charge in [-0.3, -0.25) is 9.59 Å². The Morgan fingerprint density at radius 2 is 1.79 bits per heavy atom. The van der Waals surface area contributed by atoms with Crippen molar-refractivity contribution in [3.63, 3.8) is 0 Å². The Hall–Kier alpha value is -1.03. The molecule has 0 bridgehead atoms. The summed E-state index contributed by atoms with van der Waals surface area (Å²) in [7, 11) is -2.50. The summed E-state index contributed by atoms with van der Waals surface area (Å²) in [4.78, 5) is 23.6. The molecule has 1 aliphatic carbocycles. The van der Waals surface area contributed by atoms with Crippen LogP contribution in [-0.2, 0) is 14.0 Å². The molecule has 198 valence electrons. The number of hydrogen-bond acceptors (Lipinski definition) is 5. The summed E-state index contributed by atoms with van der Waals surface area (Å²) < 4.78 is 48.4. The van der Waals surface area contributed by atoms with Crippen molar-refractivity contribution in [2.75, 3.05) is 6.61 Å². The van der Waals surface area contributed by atoms with Gasteiger partial charge in [-0.2, -0.15) is 13.2 Å². The lowest BCUT2D eigenvalue weighted by Crippen LogP contribution is -2.53. The lowest BCUT2D eigenvalue weighted by atomic mass is 9.87. The Morgan fingerprint density at radius 3 is 2.35 bits per heavy atom. The zero-order valence-electron chi connectivity index (χ0n) is 21.1. The van der Waals surface area contributed by atoms with Crippen molar-refractivity contribution in [2.45, 2.75) is 115 Å². The van der Waals surface area contributed by atoms with E-state index in [1.54, 1.807) is 25.7 Å². The maximum Gasteiger partial charge on any atom is 0.416 e. The van der Waals surface area contributed by atoms with Crippen LogP contribution in [0.15, 0.2) is 12.2 Å². The number of halogens is 3. The molecule has 0 amide bonds. The molecule has 0 spiro atoms. The molecule has 0 aliphatic heterocycles. The minimum Gasteiger partial charge on any atom is -0.403 e. The van der Waals surface area contributed by atoms with Gasteiger partial charge in [-0.15, -0.1) is 0 Å². The molecule has 0 aromatic rings. The molecule has 1 aliphatic rings. The second-order valence-electron chi connectivity index (χ2n) is 10.5. The van der Waals surface area contributed by atoms with Gasteiger partial charge in [0.1, 0.15) is 12.4 Å².